The van der Waals surface area contributed by atoms with E-state index in [4.69, 9.17) is 4.74 Å². The molecule has 0 atom stereocenters. The highest BCUT2D eigenvalue weighted by atomic mass is 16.5. The Morgan fingerprint density at radius 1 is 1.31 bits per heavy atom. The molecule has 0 radical (unpaired) electrons. The Labute approximate surface area is 151 Å². The highest BCUT2D eigenvalue weighted by molar-refractivity contribution is 6.54. The molecular formula is C20H19N3O3. The zero-order valence-electron chi connectivity index (χ0n) is 14.6. The number of phenols is 1. The molecule has 1 aliphatic rings. The number of hydrogen-bond acceptors (Lipinski definition) is 5. The predicted octanol–water partition coefficient (Wildman–Crippen LogP) is 3.15. The van der Waals surface area contributed by atoms with Crippen molar-refractivity contribution >= 4 is 23.0 Å². The molecule has 0 fully saturated rings. The van der Waals surface area contributed by atoms with Gasteiger partial charge in [-0.05, 0) is 31.2 Å². The number of phenolic OH excluding ortho intramolecular Hbond substituents is 1. The number of para-hydroxylation sites is 1. The van der Waals surface area contributed by atoms with Gasteiger partial charge in [0.1, 0.15) is 11.5 Å². The first-order chi connectivity index (χ1) is 12.6. The lowest BCUT2D eigenvalue weighted by Gasteiger charge is -2.13. The van der Waals surface area contributed by atoms with Gasteiger partial charge in [0, 0.05) is 17.7 Å². The largest absolute Gasteiger partial charge is 0.507 e. The van der Waals surface area contributed by atoms with Crippen LogP contribution in [-0.4, -0.2) is 36.1 Å². The van der Waals surface area contributed by atoms with E-state index >= 15 is 0 Å². The average molecular weight is 349 g/mol. The van der Waals surface area contributed by atoms with Crippen LogP contribution in [0.15, 0.2) is 65.3 Å². The van der Waals surface area contributed by atoms with Crippen molar-refractivity contribution in [3.05, 3.63) is 66.2 Å². The lowest BCUT2D eigenvalue weighted by molar-refractivity contribution is -0.112. The molecule has 1 heterocycles. The monoisotopic (exact) mass is 349 g/mol. The fourth-order valence-corrected chi connectivity index (χ4v) is 2.78. The van der Waals surface area contributed by atoms with Crippen LogP contribution in [0.5, 0.6) is 11.5 Å². The maximum absolute atomic E-state index is 12.7. The lowest BCUT2D eigenvalue weighted by atomic mass is 10.1. The second-order valence-electron chi connectivity index (χ2n) is 5.74. The van der Waals surface area contributed by atoms with Gasteiger partial charge in [-0.2, -0.15) is 5.10 Å². The third-order valence-corrected chi connectivity index (χ3v) is 4.10. The molecule has 0 saturated carbocycles. The molecular weight excluding hydrogens is 330 g/mol. The van der Waals surface area contributed by atoms with Crippen molar-refractivity contribution in [3.63, 3.8) is 0 Å². The van der Waals surface area contributed by atoms with Crippen LogP contribution < -0.4 is 9.64 Å². The Kier molecular flexibility index (Phi) is 4.84. The first-order valence-corrected chi connectivity index (χ1v) is 8.08. The molecule has 0 spiro atoms. The van der Waals surface area contributed by atoms with E-state index in [0.29, 0.717) is 23.6 Å². The molecule has 0 aromatic heterocycles. The topological polar surface area (TPSA) is 74.5 Å². The van der Waals surface area contributed by atoms with E-state index < -0.39 is 0 Å². The van der Waals surface area contributed by atoms with Crippen LogP contribution in [0.2, 0.25) is 0 Å². The number of ether oxygens (including phenoxy) is 1. The van der Waals surface area contributed by atoms with Crippen LogP contribution in [0, 0.1) is 0 Å². The van der Waals surface area contributed by atoms with Crippen LogP contribution in [0.4, 0.5) is 5.69 Å². The Morgan fingerprint density at radius 2 is 2.08 bits per heavy atom. The van der Waals surface area contributed by atoms with E-state index in [9.17, 15) is 9.90 Å². The quantitative estimate of drug-likeness (QED) is 0.512. The van der Waals surface area contributed by atoms with E-state index in [1.807, 2.05) is 24.3 Å². The van der Waals surface area contributed by atoms with Crippen molar-refractivity contribution < 1.29 is 14.6 Å². The molecule has 2 aromatic carbocycles. The molecule has 1 aliphatic heterocycles. The number of nitrogens with zero attached hydrogens (tertiary/aromatic N) is 3. The standard InChI is InChI=1S/C20H19N3O3/c1-4-11-23-17-8-6-5-7-15(17)19(20(23)25)22-21-13(2)16-12-14(26-3)9-10-18(16)24/h4-10,12,24H,1,11H2,2-3H3/b21-13+,22-19-. The molecule has 0 saturated heterocycles. The maximum Gasteiger partial charge on any atom is 0.279 e. The number of carbonyl (C=O) groups is 1. The first-order valence-electron chi connectivity index (χ1n) is 8.08. The van der Waals surface area contributed by atoms with Crippen LogP contribution in [0.25, 0.3) is 0 Å². The summed E-state index contributed by atoms with van der Waals surface area (Å²) in [5.41, 5.74) is 2.75. The number of carbonyl (C=O) groups excluding carboxylic acids is 1. The molecule has 1 amide bonds. The van der Waals surface area contributed by atoms with Crippen molar-refractivity contribution in [2.24, 2.45) is 10.2 Å². The van der Waals surface area contributed by atoms with Crippen LogP contribution >= 0.6 is 0 Å². The number of hydrogen-bond donors (Lipinski definition) is 1. The first kappa shape index (κ1) is 17.4. The molecule has 0 bridgehead atoms. The molecule has 3 rings (SSSR count). The Hall–Kier alpha value is -3.41. The second-order valence-corrected chi connectivity index (χ2v) is 5.74. The SMILES string of the molecule is C=CCN1C(=O)/C(=N\N=C(/C)c2cc(OC)ccc2O)c2ccccc21. The highest BCUT2D eigenvalue weighted by Gasteiger charge is 2.33. The minimum atomic E-state index is -0.225. The summed E-state index contributed by atoms with van der Waals surface area (Å²) >= 11 is 0. The minimum absolute atomic E-state index is 0.0682. The highest BCUT2D eigenvalue weighted by Crippen LogP contribution is 2.29. The molecule has 6 nitrogen and oxygen atoms in total. The van der Waals surface area contributed by atoms with Gasteiger partial charge in [-0.1, -0.05) is 24.3 Å². The molecule has 26 heavy (non-hydrogen) atoms. The van der Waals surface area contributed by atoms with Crippen molar-refractivity contribution in [1.82, 2.24) is 0 Å². The normalized spacial score (nSPS) is 15.3. The lowest BCUT2D eigenvalue weighted by Crippen LogP contribution is -2.30. The zero-order chi connectivity index (χ0) is 18.7. The average Bonchev–Trinajstić information content (AvgIpc) is 2.92. The van der Waals surface area contributed by atoms with Crippen LogP contribution in [0.1, 0.15) is 18.1 Å². The number of benzene rings is 2. The molecule has 2 aromatic rings. The Morgan fingerprint density at radius 3 is 2.81 bits per heavy atom. The van der Waals surface area contributed by atoms with Gasteiger partial charge in [0.15, 0.2) is 5.71 Å². The molecule has 1 N–H and O–H groups in total. The van der Waals surface area contributed by atoms with Crippen LogP contribution in [0.3, 0.4) is 0 Å². The summed E-state index contributed by atoms with van der Waals surface area (Å²) in [5.74, 6) is 0.440. The van der Waals surface area contributed by atoms with Gasteiger partial charge < -0.3 is 14.7 Å². The summed E-state index contributed by atoms with van der Waals surface area (Å²) in [5, 5.41) is 18.4. The van der Waals surface area contributed by atoms with Gasteiger partial charge >= 0.3 is 0 Å². The number of anilines is 1. The summed E-state index contributed by atoms with van der Waals surface area (Å²) in [6.45, 7) is 5.81. The number of amides is 1. The van der Waals surface area contributed by atoms with Gasteiger partial charge in [-0.25, -0.2) is 0 Å². The Balaban J connectivity index is 2.01. The minimum Gasteiger partial charge on any atom is -0.507 e. The number of rotatable bonds is 5. The summed E-state index contributed by atoms with van der Waals surface area (Å²) in [6, 6.07) is 12.3. The Bertz CT molecular complexity index is 932. The fourth-order valence-electron chi connectivity index (χ4n) is 2.78. The molecule has 0 unspecified atom stereocenters. The third kappa shape index (κ3) is 3.09. The van der Waals surface area contributed by atoms with Crippen LogP contribution in [-0.2, 0) is 4.79 Å². The van der Waals surface area contributed by atoms with Gasteiger partial charge in [0.2, 0.25) is 0 Å². The van der Waals surface area contributed by atoms with Gasteiger partial charge in [0.25, 0.3) is 5.91 Å². The molecule has 132 valence electrons. The number of aromatic hydroxyl groups is 1. The fraction of sp³-hybridized carbons (Fsp3) is 0.150. The van der Waals surface area contributed by atoms with Crippen molar-refractivity contribution in [3.8, 4) is 11.5 Å². The smallest absolute Gasteiger partial charge is 0.279 e. The number of fused-ring (bicyclic) bond motifs is 1. The van der Waals surface area contributed by atoms with Gasteiger partial charge in [0.05, 0.1) is 18.5 Å². The van der Waals surface area contributed by atoms with Crippen molar-refractivity contribution in [2.45, 2.75) is 6.92 Å². The predicted molar refractivity (Wildman–Crippen MR) is 102 cm³/mol. The van der Waals surface area contributed by atoms with Gasteiger partial charge in [-0.3, -0.25) is 4.79 Å². The van der Waals surface area contributed by atoms with Crippen molar-refractivity contribution in [2.75, 3.05) is 18.6 Å². The summed E-state index contributed by atoms with van der Waals surface area (Å²) in [7, 11) is 1.55. The van der Waals surface area contributed by atoms with Crippen molar-refractivity contribution in [1.29, 1.82) is 0 Å². The second kappa shape index (κ2) is 7.23. The summed E-state index contributed by atoms with van der Waals surface area (Å²) in [6.07, 6.45) is 1.67. The van der Waals surface area contributed by atoms with Gasteiger partial charge in [-0.15, -0.1) is 11.7 Å². The van der Waals surface area contributed by atoms with E-state index in [2.05, 4.69) is 16.8 Å². The summed E-state index contributed by atoms with van der Waals surface area (Å²) in [4.78, 5) is 14.3. The molecule has 0 aliphatic carbocycles. The third-order valence-electron chi connectivity index (χ3n) is 4.10. The van der Waals surface area contributed by atoms with E-state index in [1.165, 1.54) is 6.07 Å². The van der Waals surface area contributed by atoms with E-state index in [1.54, 1.807) is 37.1 Å². The van der Waals surface area contributed by atoms with E-state index in [0.717, 1.165) is 11.3 Å². The molecule has 6 heteroatoms. The van der Waals surface area contributed by atoms with E-state index in [-0.39, 0.29) is 17.4 Å². The number of methoxy groups -OCH3 is 1. The maximum atomic E-state index is 12.7. The zero-order valence-corrected chi connectivity index (χ0v) is 14.6. The summed E-state index contributed by atoms with van der Waals surface area (Å²) < 4.78 is 5.17.